The Labute approximate surface area is 118 Å². The third kappa shape index (κ3) is 3.71. The van der Waals surface area contributed by atoms with Crippen molar-refractivity contribution in [2.24, 2.45) is 7.05 Å². The van der Waals surface area contributed by atoms with Gasteiger partial charge in [-0.3, -0.25) is 9.48 Å². The Balaban J connectivity index is 1.91. The van der Waals surface area contributed by atoms with Gasteiger partial charge in [-0.25, -0.2) is 0 Å². The van der Waals surface area contributed by atoms with Crippen LogP contribution in [0.15, 0.2) is 49.3 Å². The number of benzene rings is 1. The highest BCUT2D eigenvalue weighted by Gasteiger charge is 2.03. The predicted octanol–water partition coefficient (Wildman–Crippen LogP) is 1.95. The van der Waals surface area contributed by atoms with Crippen LogP contribution in [0.1, 0.15) is 15.9 Å². The molecule has 0 spiro atoms. The molecule has 1 amide bonds. The van der Waals surface area contributed by atoms with E-state index in [-0.39, 0.29) is 5.91 Å². The summed E-state index contributed by atoms with van der Waals surface area (Å²) in [5.74, 6) is -0.0938. The molecular formula is C15H18N4O. The largest absolute Gasteiger partial charge is 0.381 e. The van der Waals surface area contributed by atoms with Gasteiger partial charge in [-0.2, -0.15) is 5.10 Å². The van der Waals surface area contributed by atoms with Crippen molar-refractivity contribution >= 4 is 11.6 Å². The molecule has 0 saturated heterocycles. The van der Waals surface area contributed by atoms with Gasteiger partial charge in [-0.1, -0.05) is 6.08 Å². The van der Waals surface area contributed by atoms with Crippen molar-refractivity contribution in [3.8, 4) is 0 Å². The zero-order valence-corrected chi connectivity index (χ0v) is 11.5. The van der Waals surface area contributed by atoms with E-state index in [1.54, 1.807) is 22.9 Å². The molecule has 0 atom stereocenters. The predicted molar refractivity (Wildman–Crippen MR) is 79.5 cm³/mol. The molecule has 104 valence electrons. The molecule has 0 fully saturated rings. The third-order valence-corrected chi connectivity index (χ3v) is 2.81. The molecule has 0 saturated carbocycles. The summed E-state index contributed by atoms with van der Waals surface area (Å²) >= 11 is 0. The quantitative estimate of drug-likeness (QED) is 0.789. The van der Waals surface area contributed by atoms with E-state index >= 15 is 0 Å². The Morgan fingerprint density at radius 3 is 2.75 bits per heavy atom. The van der Waals surface area contributed by atoms with Gasteiger partial charge in [0.15, 0.2) is 0 Å². The molecule has 2 N–H and O–H groups in total. The number of carbonyl (C=O) groups excluding carboxylic acids is 1. The van der Waals surface area contributed by atoms with Crippen molar-refractivity contribution in [2.75, 3.05) is 11.9 Å². The fourth-order valence-electron chi connectivity index (χ4n) is 1.77. The molecule has 1 heterocycles. The van der Waals surface area contributed by atoms with Gasteiger partial charge in [0.2, 0.25) is 0 Å². The Morgan fingerprint density at radius 2 is 2.15 bits per heavy atom. The molecule has 5 heteroatoms. The first-order chi connectivity index (χ1) is 9.69. The lowest BCUT2D eigenvalue weighted by Gasteiger charge is -2.06. The minimum atomic E-state index is -0.0938. The number of hydrogen-bond acceptors (Lipinski definition) is 3. The first-order valence-corrected chi connectivity index (χ1v) is 6.39. The number of nitrogens with one attached hydrogen (secondary N) is 2. The van der Waals surface area contributed by atoms with Gasteiger partial charge in [0.25, 0.3) is 5.91 Å². The van der Waals surface area contributed by atoms with E-state index in [0.29, 0.717) is 18.7 Å². The lowest BCUT2D eigenvalue weighted by molar-refractivity contribution is 0.0958. The van der Waals surface area contributed by atoms with E-state index in [2.05, 4.69) is 22.3 Å². The highest BCUT2D eigenvalue weighted by Crippen LogP contribution is 2.11. The van der Waals surface area contributed by atoms with E-state index < -0.39 is 0 Å². The summed E-state index contributed by atoms with van der Waals surface area (Å²) in [7, 11) is 1.89. The summed E-state index contributed by atoms with van der Waals surface area (Å²) in [6.45, 7) is 4.74. The molecular weight excluding hydrogens is 252 g/mol. The topological polar surface area (TPSA) is 59.0 Å². The summed E-state index contributed by atoms with van der Waals surface area (Å²) in [5, 5.41) is 10.1. The first-order valence-electron chi connectivity index (χ1n) is 6.39. The van der Waals surface area contributed by atoms with Crippen molar-refractivity contribution in [3.63, 3.8) is 0 Å². The van der Waals surface area contributed by atoms with E-state index in [0.717, 1.165) is 11.3 Å². The second-order valence-electron chi connectivity index (χ2n) is 4.45. The van der Waals surface area contributed by atoms with Gasteiger partial charge >= 0.3 is 0 Å². The number of carbonyl (C=O) groups is 1. The molecule has 2 aromatic rings. The highest BCUT2D eigenvalue weighted by atomic mass is 16.1. The van der Waals surface area contributed by atoms with E-state index in [1.165, 1.54) is 0 Å². The second-order valence-corrected chi connectivity index (χ2v) is 4.45. The van der Waals surface area contributed by atoms with Gasteiger partial charge in [0.1, 0.15) is 0 Å². The van der Waals surface area contributed by atoms with E-state index in [1.807, 2.05) is 31.6 Å². The van der Waals surface area contributed by atoms with Crippen LogP contribution in [-0.4, -0.2) is 22.2 Å². The van der Waals surface area contributed by atoms with Crippen molar-refractivity contribution in [2.45, 2.75) is 6.54 Å². The van der Waals surface area contributed by atoms with Gasteiger partial charge < -0.3 is 10.6 Å². The number of anilines is 1. The van der Waals surface area contributed by atoms with Gasteiger partial charge in [-0.05, 0) is 24.3 Å². The lowest BCUT2D eigenvalue weighted by Crippen LogP contribution is -2.23. The average Bonchev–Trinajstić information content (AvgIpc) is 2.89. The molecule has 0 aliphatic carbocycles. The molecule has 2 rings (SSSR count). The van der Waals surface area contributed by atoms with Crippen LogP contribution >= 0.6 is 0 Å². The molecule has 0 aliphatic heterocycles. The Hall–Kier alpha value is -2.56. The maximum atomic E-state index is 11.7. The number of aryl methyl sites for hydroxylation is 1. The maximum absolute atomic E-state index is 11.7. The normalized spacial score (nSPS) is 10.1. The molecule has 20 heavy (non-hydrogen) atoms. The van der Waals surface area contributed by atoms with Crippen LogP contribution in [0.25, 0.3) is 0 Å². The number of aromatic nitrogens is 2. The third-order valence-electron chi connectivity index (χ3n) is 2.81. The Morgan fingerprint density at radius 1 is 1.40 bits per heavy atom. The van der Waals surface area contributed by atoms with Crippen molar-refractivity contribution in [1.29, 1.82) is 0 Å². The van der Waals surface area contributed by atoms with Crippen molar-refractivity contribution in [1.82, 2.24) is 15.1 Å². The van der Waals surface area contributed by atoms with Crippen LogP contribution in [0.3, 0.4) is 0 Å². The molecule has 1 aromatic carbocycles. The van der Waals surface area contributed by atoms with Gasteiger partial charge in [-0.15, -0.1) is 6.58 Å². The fourth-order valence-corrected chi connectivity index (χ4v) is 1.77. The monoisotopic (exact) mass is 270 g/mol. The van der Waals surface area contributed by atoms with Crippen molar-refractivity contribution < 1.29 is 4.79 Å². The van der Waals surface area contributed by atoms with Gasteiger partial charge in [0, 0.05) is 43.1 Å². The van der Waals surface area contributed by atoms with Crippen LogP contribution < -0.4 is 10.6 Å². The maximum Gasteiger partial charge on any atom is 0.251 e. The Bertz CT molecular complexity index is 586. The van der Waals surface area contributed by atoms with E-state index in [9.17, 15) is 4.79 Å². The minimum Gasteiger partial charge on any atom is -0.381 e. The molecule has 5 nitrogen and oxygen atoms in total. The number of amides is 1. The van der Waals surface area contributed by atoms with Crippen LogP contribution in [0, 0.1) is 0 Å². The zero-order valence-electron chi connectivity index (χ0n) is 11.5. The molecule has 1 aromatic heterocycles. The highest BCUT2D eigenvalue weighted by molar-refractivity contribution is 5.94. The smallest absolute Gasteiger partial charge is 0.251 e. The lowest BCUT2D eigenvalue weighted by atomic mass is 10.2. The number of nitrogens with zero attached hydrogens (tertiary/aromatic N) is 2. The van der Waals surface area contributed by atoms with Gasteiger partial charge in [0.05, 0.1) is 6.20 Å². The van der Waals surface area contributed by atoms with Crippen LogP contribution in [-0.2, 0) is 13.6 Å². The number of hydrogen-bond donors (Lipinski definition) is 2. The molecule has 0 aliphatic rings. The zero-order chi connectivity index (χ0) is 14.4. The molecule has 0 unspecified atom stereocenters. The van der Waals surface area contributed by atoms with E-state index in [4.69, 9.17) is 0 Å². The standard InChI is InChI=1S/C15H18N4O/c1-3-8-16-15(20)13-4-6-14(7-5-13)17-9-12-10-18-19(2)11-12/h3-7,10-11,17H,1,8-9H2,2H3,(H,16,20). The summed E-state index contributed by atoms with van der Waals surface area (Å²) in [6.07, 6.45) is 5.44. The fraction of sp³-hybridized carbons (Fsp3) is 0.200. The van der Waals surface area contributed by atoms with Crippen molar-refractivity contribution in [3.05, 3.63) is 60.4 Å². The molecule has 0 bridgehead atoms. The second kappa shape index (κ2) is 6.56. The summed E-state index contributed by atoms with van der Waals surface area (Å²) in [5.41, 5.74) is 2.72. The first kappa shape index (κ1) is 13.9. The number of rotatable bonds is 6. The molecule has 0 radical (unpaired) electrons. The van der Waals surface area contributed by atoms with Crippen LogP contribution in [0.4, 0.5) is 5.69 Å². The summed E-state index contributed by atoms with van der Waals surface area (Å²) in [6, 6.07) is 7.37. The minimum absolute atomic E-state index is 0.0938. The van der Waals surface area contributed by atoms with Crippen LogP contribution in [0.5, 0.6) is 0 Å². The summed E-state index contributed by atoms with van der Waals surface area (Å²) in [4.78, 5) is 11.7. The average molecular weight is 270 g/mol. The summed E-state index contributed by atoms with van der Waals surface area (Å²) < 4.78 is 1.77. The van der Waals surface area contributed by atoms with Crippen LogP contribution in [0.2, 0.25) is 0 Å². The Kier molecular flexibility index (Phi) is 4.55. The SMILES string of the molecule is C=CCNC(=O)c1ccc(NCc2cnn(C)c2)cc1.